The van der Waals surface area contributed by atoms with Gasteiger partial charge < -0.3 is 4.98 Å². The first-order valence-electron chi connectivity index (χ1n) is 5.39. The third kappa shape index (κ3) is 1.22. The Bertz CT molecular complexity index is 416. The zero-order valence-corrected chi connectivity index (χ0v) is 8.21. The van der Waals surface area contributed by atoms with Crippen molar-refractivity contribution in [2.24, 2.45) is 0 Å². The number of aryl methyl sites for hydroxylation is 2. The Labute approximate surface area is 83.4 Å². The second-order valence-corrected chi connectivity index (χ2v) is 4.07. The molecule has 0 bridgehead atoms. The molecule has 0 saturated carbocycles. The van der Waals surface area contributed by atoms with Crippen LogP contribution >= 0.6 is 0 Å². The molecular weight excluding hydrogens is 172 g/mol. The summed E-state index contributed by atoms with van der Waals surface area (Å²) >= 11 is 0. The van der Waals surface area contributed by atoms with Gasteiger partial charge in [-0.3, -0.25) is 0 Å². The molecule has 0 radical (unpaired) electrons. The molecule has 2 aromatic heterocycles. The molecule has 0 unspecified atom stereocenters. The predicted molar refractivity (Wildman–Crippen MR) is 57.4 cm³/mol. The van der Waals surface area contributed by atoms with E-state index >= 15 is 0 Å². The molecule has 2 nitrogen and oxygen atoms in total. The van der Waals surface area contributed by atoms with Crippen molar-refractivity contribution in [3.8, 4) is 0 Å². The standard InChI is InChI=1S/C12H14N2/c1-2-4-9-8-10-6-7-13-12(10)14-11(9)5-3-1/h6-8H,1-5H2,(H,13,14). The van der Waals surface area contributed by atoms with Crippen molar-refractivity contribution in [2.75, 3.05) is 0 Å². The van der Waals surface area contributed by atoms with Gasteiger partial charge in [-0.25, -0.2) is 4.98 Å². The van der Waals surface area contributed by atoms with E-state index in [9.17, 15) is 0 Å². The summed E-state index contributed by atoms with van der Waals surface area (Å²) in [5, 5.41) is 1.26. The second kappa shape index (κ2) is 3.12. The van der Waals surface area contributed by atoms with Crippen molar-refractivity contribution in [3.63, 3.8) is 0 Å². The average Bonchev–Trinajstić information content (AvgIpc) is 2.51. The number of fused-ring (bicyclic) bond motifs is 2. The van der Waals surface area contributed by atoms with Crippen molar-refractivity contribution in [3.05, 3.63) is 29.6 Å². The van der Waals surface area contributed by atoms with Crippen LogP contribution in [0.1, 0.15) is 30.5 Å². The maximum Gasteiger partial charge on any atom is 0.137 e. The Morgan fingerprint density at radius 3 is 3.07 bits per heavy atom. The molecule has 14 heavy (non-hydrogen) atoms. The first kappa shape index (κ1) is 8.04. The number of hydrogen-bond acceptors (Lipinski definition) is 1. The van der Waals surface area contributed by atoms with E-state index in [1.54, 1.807) is 0 Å². The lowest BCUT2D eigenvalue weighted by molar-refractivity contribution is 0.709. The molecule has 0 amide bonds. The van der Waals surface area contributed by atoms with Crippen LogP contribution in [-0.2, 0) is 12.8 Å². The molecule has 1 aliphatic carbocycles. The third-order valence-electron chi connectivity index (χ3n) is 3.06. The Kier molecular flexibility index (Phi) is 1.79. The van der Waals surface area contributed by atoms with E-state index in [1.165, 1.54) is 42.3 Å². The molecule has 0 aromatic carbocycles. The van der Waals surface area contributed by atoms with Crippen molar-refractivity contribution in [1.29, 1.82) is 0 Å². The highest BCUT2D eigenvalue weighted by molar-refractivity contribution is 5.76. The minimum absolute atomic E-state index is 1.05. The lowest BCUT2D eigenvalue weighted by Crippen LogP contribution is -1.95. The normalized spacial score (nSPS) is 16.6. The van der Waals surface area contributed by atoms with E-state index in [0.29, 0.717) is 0 Å². The molecule has 2 heterocycles. The number of H-pyrrole nitrogens is 1. The summed E-state index contributed by atoms with van der Waals surface area (Å²) in [5.74, 6) is 0. The van der Waals surface area contributed by atoms with Crippen molar-refractivity contribution >= 4 is 11.0 Å². The summed E-state index contributed by atoms with van der Waals surface area (Å²) in [4.78, 5) is 7.86. The molecule has 0 spiro atoms. The average molecular weight is 186 g/mol. The van der Waals surface area contributed by atoms with Crippen LogP contribution in [0.15, 0.2) is 18.3 Å². The Balaban J connectivity index is 2.19. The van der Waals surface area contributed by atoms with Gasteiger partial charge in [0.1, 0.15) is 5.65 Å². The molecule has 72 valence electrons. The summed E-state index contributed by atoms with van der Waals surface area (Å²) < 4.78 is 0. The van der Waals surface area contributed by atoms with Crippen LogP contribution < -0.4 is 0 Å². The highest BCUT2D eigenvalue weighted by atomic mass is 14.8. The van der Waals surface area contributed by atoms with Crippen molar-refractivity contribution < 1.29 is 0 Å². The Hall–Kier alpha value is -1.31. The molecule has 2 aromatic rings. The number of nitrogens with zero attached hydrogens (tertiary/aromatic N) is 1. The van der Waals surface area contributed by atoms with Crippen LogP contribution in [0.5, 0.6) is 0 Å². The number of rotatable bonds is 0. The molecule has 0 fully saturated rings. The van der Waals surface area contributed by atoms with Crippen LogP contribution in [0, 0.1) is 0 Å². The predicted octanol–water partition coefficient (Wildman–Crippen LogP) is 2.83. The molecular formula is C12H14N2. The van der Waals surface area contributed by atoms with Crippen molar-refractivity contribution in [1.82, 2.24) is 9.97 Å². The van der Waals surface area contributed by atoms with Gasteiger partial charge in [0, 0.05) is 17.3 Å². The lowest BCUT2D eigenvalue weighted by atomic mass is 10.1. The topological polar surface area (TPSA) is 28.7 Å². The van der Waals surface area contributed by atoms with Gasteiger partial charge in [-0.2, -0.15) is 0 Å². The number of aromatic amines is 1. The van der Waals surface area contributed by atoms with Crippen LogP contribution in [0.2, 0.25) is 0 Å². The van der Waals surface area contributed by atoms with E-state index in [2.05, 4.69) is 22.1 Å². The van der Waals surface area contributed by atoms with Crippen LogP contribution in [0.3, 0.4) is 0 Å². The summed E-state index contributed by atoms with van der Waals surface area (Å²) in [5.41, 5.74) is 3.83. The molecule has 0 atom stereocenters. The smallest absolute Gasteiger partial charge is 0.137 e. The van der Waals surface area contributed by atoms with Gasteiger partial charge in [-0.05, 0) is 43.4 Å². The SMILES string of the molecule is c1cc2cc3c(nc2[nH]1)CCCCC3. The molecule has 3 rings (SSSR count). The zero-order chi connectivity index (χ0) is 9.38. The molecule has 0 aliphatic heterocycles. The highest BCUT2D eigenvalue weighted by Gasteiger charge is 2.10. The fourth-order valence-electron chi connectivity index (χ4n) is 2.28. The quantitative estimate of drug-likeness (QED) is 0.630. The first-order chi connectivity index (χ1) is 6.93. The van der Waals surface area contributed by atoms with Crippen LogP contribution in [0.25, 0.3) is 11.0 Å². The van der Waals surface area contributed by atoms with E-state index in [-0.39, 0.29) is 0 Å². The van der Waals surface area contributed by atoms with E-state index in [4.69, 9.17) is 0 Å². The maximum atomic E-state index is 4.68. The van der Waals surface area contributed by atoms with E-state index in [1.807, 2.05) is 6.20 Å². The Morgan fingerprint density at radius 2 is 2.07 bits per heavy atom. The molecule has 2 heteroatoms. The largest absolute Gasteiger partial charge is 0.346 e. The summed E-state index contributed by atoms with van der Waals surface area (Å²) in [6.45, 7) is 0. The number of nitrogens with one attached hydrogen (secondary N) is 1. The molecule has 0 saturated heterocycles. The van der Waals surface area contributed by atoms with Crippen molar-refractivity contribution in [2.45, 2.75) is 32.1 Å². The monoisotopic (exact) mass is 186 g/mol. The van der Waals surface area contributed by atoms with Gasteiger partial charge in [0.05, 0.1) is 0 Å². The number of hydrogen-bond donors (Lipinski definition) is 1. The zero-order valence-electron chi connectivity index (χ0n) is 8.21. The number of aromatic nitrogens is 2. The van der Waals surface area contributed by atoms with E-state index < -0.39 is 0 Å². The van der Waals surface area contributed by atoms with Crippen LogP contribution in [-0.4, -0.2) is 9.97 Å². The van der Waals surface area contributed by atoms with Gasteiger partial charge in [-0.1, -0.05) is 6.42 Å². The second-order valence-electron chi connectivity index (χ2n) is 4.07. The Morgan fingerprint density at radius 1 is 1.14 bits per heavy atom. The lowest BCUT2D eigenvalue weighted by Gasteiger charge is -2.03. The molecule has 1 N–H and O–H groups in total. The summed E-state index contributed by atoms with van der Waals surface area (Å²) in [7, 11) is 0. The fourth-order valence-corrected chi connectivity index (χ4v) is 2.28. The summed E-state index contributed by atoms with van der Waals surface area (Å²) in [6, 6.07) is 4.41. The molecule has 1 aliphatic rings. The van der Waals surface area contributed by atoms with Gasteiger partial charge in [0.2, 0.25) is 0 Å². The van der Waals surface area contributed by atoms with Gasteiger partial charge in [0.25, 0.3) is 0 Å². The van der Waals surface area contributed by atoms with E-state index in [0.717, 1.165) is 12.1 Å². The fraction of sp³-hybridized carbons (Fsp3) is 0.417. The van der Waals surface area contributed by atoms with Gasteiger partial charge in [0.15, 0.2) is 0 Å². The van der Waals surface area contributed by atoms with Gasteiger partial charge >= 0.3 is 0 Å². The third-order valence-corrected chi connectivity index (χ3v) is 3.06. The van der Waals surface area contributed by atoms with Crippen LogP contribution in [0.4, 0.5) is 0 Å². The maximum absolute atomic E-state index is 4.68. The minimum Gasteiger partial charge on any atom is -0.346 e. The first-order valence-corrected chi connectivity index (χ1v) is 5.39. The van der Waals surface area contributed by atoms with Gasteiger partial charge in [-0.15, -0.1) is 0 Å². The summed E-state index contributed by atoms with van der Waals surface area (Å²) in [6.07, 6.45) is 8.31. The number of pyridine rings is 1. The highest BCUT2D eigenvalue weighted by Crippen LogP contribution is 2.22. The minimum atomic E-state index is 1.05.